The molecule has 2 aromatic rings. The number of carbonyl (C=O) groups is 4. The number of aromatic carboxylic acids is 1. The van der Waals surface area contributed by atoms with Gasteiger partial charge in [0, 0.05) is 26.2 Å². The third-order valence-corrected chi connectivity index (χ3v) is 18.1. The van der Waals surface area contributed by atoms with Gasteiger partial charge in [-0.1, -0.05) is 107 Å². The molecule has 4 aliphatic heterocycles. The van der Waals surface area contributed by atoms with E-state index >= 15 is 0 Å². The lowest BCUT2D eigenvalue weighted by Gasteiger charge is -2.47. The van der Waals surface area contributed by atoms with E-state index in [0.717, 1.165) is 140 Å². The molecule has 77 heavy (non-hydrogen) atoms. The maximum atomic E-state index is 14.5. The van der Waals surface area contributed by atoms with Crippen molar-refractivity contribution in [1.82, 2.24) is 19.6 Å². The Morgan fingerprint density at radius 3 is 1.19 bits per heavy atom. The van der Waals surface area contributed by atoms with E-state index in [1.54, 1.807) is 12.1 Å². The molecule has 2 saturated carbocycles. The number of nitrogens with zero attached hydrogens (tertiary/aromatic N) is 6. The van der Waals surface area contributed by atoms with E-state index in [2.05, 4.69) is 103 Å². The molecule has 2 saturated heterocycles. The molecular formula is C65H100N6O6. The first-order valence-electron chi connectivity index (χ1n) is 30.0. The highest BCUT2D eigenvalue weighted by Gasteiger charge is 2.55. The number of carboxylic acid groups (broad SMARTS) is 1. The highest BCUT2D eigenvalue weighted by molar-refractivity contribution is 6.40. The van der Waals surface area contributed by atoms with Crippen LogP contribution in [0.3, 0.4) is 0 Å². The maximum absolute atomic E-state index is 14.5. The second kappa shape index (κ2) is 23.9. The number of amidine groups is 2. The number of carboxylic acids is 1. The van der Waals surface area contributed by atoms with Gasteiger partial charge in [-0.25, -0.2) is 19.6 Å². The zero-order valence-corrected chi connectivity index (χ0v) is 50.2. The van der Waals surface area contributed by atoms with Crippen molar-refractivity contribution in [2.75, 3.05) is 26.2 Å². The van der Waals surface area contributed by atoms with Crippen molar-refractivity contribution in [3.8, 4) is 0 Å². The predicted octanol–water partition coefficient (Wildman–Crippen LogP) is 14.7. The first-order valence-corrected chi connectivity index (χ1v) is 30.0. The average Bonchev–Trinajstić information content (AvgIpc) is 3.91. The molecule has 2 amide bonds. The van der Waals surface area contributed by atoms with E-state index in [4.69, 9.17) is 14.7 Å². The SMILES string of the molecule is CC(C)(C)CC[C@H](c1ccc(C(=O)O)cc1)N1C(=O)C(N2CCCCC2)=NC12CCC(C(C)(C)C)CC2.CC(C)OC(=O)c1ccc([C@@H](CCC(C)(C)C)N2C(=O)C(N3CCCCC3)=NC23CCC(C(C)(C)C)CC3)cc1. The topological polar surface area (TPSA) is 135 Å². The summed E-state index contributed by atoms with van der Waals surface area (Å²) in [5.74, 6) is 1.52. The van der Waals surface area contributed by atoms with Crippen LogP contribution in [0, 0.1) is 33.5 Å². The molecule has 0 radical (unpaired) electrons. The number of ether oxygens (including phenoxy) is 1. The molecule has 0 bridgehead atoms. The second-order valence-corrected chi connectivity index (χ2v) is 28.8. The van der Waals surface area contributed by atoms with Crippen LogP contribution in [-0.4, -0.2) is 104 Å². The second-order valence-electron chi connectivity index (χ2n) is 28.8. The van der Waals surface area contributed by atoms with Crippen molar-refractivity contribution < 1.29 is 29.0 Å². The van der Waals surface area contributed by atoms with Crippen LogP contribution in [0.4, 0.5) is 0 Å². The Hall–Kier alpha value is -4.74. The van der Waals surface area contributed by atoms with Gasteiger partial charge in [-0.05, 0) is 198 Å². The number of aliphatic imine (C=N–C) groups is 2. The first-order chi connectivity index (χ1) is 36.0. The lowest BCUT2D eigenvalue weighted by molar-refractivity contribution is -0.135. The summed E-state index contributed by atoms with van der Waals surface area (Å²) in [6, 6.07) is 14.7. The predicted molar refractivity (Wildman–Crippen MR) is 311 cm³/mol. The number of hydrogen-bond acceptors (Lipinski definition) is 9. The Morgan fingerprint density at radius 2 is 0.896 bits per heavy atom. The lowest BCUT2D eigenvalue weighted by Crippen LogP contribution is -2.52. The number of likely N-dealkylation sites (tertiary alicyclic amines) is 2. The number of amides is 2. The fourth-order valence-corrected chi connectivity index (χ4v) is 13.3. The minimum Gasteiger partial charge on any atom is -0.478 e. The maximum Gasteiger partial charge on any atom is 0.338 e. The van der Waals surface area contributed by atoms with Gasteiger partial charge in [0.05, 0.1) is 29.3 Å². The van der Waals surface area contributed by atoms with Crippen LogP contribution in [0.1, 0.15) is 256 Å². The van der Waals surface area contributed by atoms with Gasteiger partial charge in [0.15, 0.2) is 11.7 Å². The van der Waals surface area contributed by atoms with Gasteiger partial charge in [-0.15, -0.1) is 0 Å². The molecule has 0 unspecified atom stereocenters. The van der Waals surface area contributed by atoms with Gasteiger partial charge in [0.2, 0.25) is 0 Å². The number of esters is 1. The van der Waals surface area contributed by atoms with Crippen LogP contribution >= 0.6 is 0 Å². The van der Waals surface area contributed by atoms with Gasteiger partial charge < -0.3 is 29.4 Å². The summed E-state index contributed by atoms with van der Waals surface area (Å²) in [4.78, 5) is 72.4. The fraction of sp³-hybridized carbons (Fsp3) is 0.723. The summed E-state index contributed by atoms with van der Waals surface area (Å²) in [5, 5.41) is 9.46. The molecule has 4 heterocycles. The molecule has 0 aromatic heterocycles. The van der Waals surface area contributed by atoms with Crippen molar-refractivity contribution >= 4 is 35.4 Å². The summed E-state index contributed by atoms with van der Waals surface area (Å²) in [6.45, 7) is 34.9. The van der Waals surface area contributed by atoms with Gasteiger partial charge in [-0.2, -0.15) is 0 Å². The molecule has 6 aliphatic rings. The monoisotopic (exact) mass is 1060 g/mol. The molecule has 2 aliphatic carbocycles. The highest BCUT2D eigenvalue weighted by Crippen LogP contribution is 2.52. The number of piperidine rings is 2. The van der Waals surface area contributed by atoms with Crippen LogP contribution in [0.25, 0.3) is 0 Å². The van der Waals surface area contributed by atoms with Crippen molar-refractivity contribution in [3.05, 3.63) is 70.8 Å². The molecular weight excluding hydrogens is 961 g/mol. The van der Waals surface area contributed by atoms with Crippen molar-refractivity contribution in [1.29, 1.82) is 0 Å². The molecule has 12 nitrogen and oxygen atoms in total. The summed E-state index contributed by atoms with van der Waals surface area (Å²) >= 11 is 0. The quantitative estimate of drug-likeness (QED) is 0.220. The fourth-order valence-electron chi connectivity index (χ4n) is 13.3. The summed E-state index contributed by atoms with van der Waals surface area (Å²) < 4.78 is 5.43. The van der Waals surface area contributed by atoms with Crippen molar-refractivity contribution in [2.45, 2.75) is 242 Å². The smallest absolute Gasteiger partial charge is 0.338 e. The minimum atomic E-state index is -0.928. The molecule has 2 aromatic carbocycles. The third-order valence-electron chi connectivity index (χ3n) is 18.1. The van der Waals surface area contributed by atoms with E-state index in [-0.39, 0.29) is 63.2 Å². The Morgan fingerprint density at radius 1 is 0.558 bits per heavy atom. The molecule has 8 rings (SSSR count). The zero-order chi connectivity index (χ0) is 56.3. The van der Waals surface area contributed by atoms with E-state index in [9.17, 15) is 24.3 Å². The Balaban J connectivity index is 0.000000224. The van der Waals surface area contributed by atoms with Crippen LogP contribution in [0.5, 0.6) is 0 Å². The van der Waals surface area contributed by atoms with Crippen LogP contribution < -0.4 is 0 Å². The number of rotatable bonds is 11. The standard InChI is InChI=1S/C34H53N3O3.C31H47N3O3/c1-24(2)40-31(39)26-14-12-25(13-15-26)28(18-19-32(3,4)5)37-30(38)29(36-22-10-9-11-23-36)35-34(37)20-16-27(17-21-34)33(6,7)8;1-29(2,3)17-16-25(22-10-12-23(13-11-22)28(36)37)34-27(35)26(33-20-8-7-9-21-33)32-31(34)18-14-24(15-19-31)30(4,5)6/h12-15,24,27-28H,9-11,16-23H2,1-8H3;10-13,24-25H,7-9,14-21H2,1-6H3,(H,36,37)/t27?,28-,34?;24?,25-,31?/m11/s1. The van der Waals surface area contributed by atoms with Crippen LogP contribution in [0.15, 0.2) is 58.5 Å². The average molecular weight is 1060 g/mol. The Bertz CT molecular complexity index is 2400. The van der Waals surface area contributed by atoms with E-state index < -0.39 is 17.3 Å². The lowest BCUT2D eigenvalue weighted by atomic mass is 9.69. The molecule has 4 fully saturated rings. The molecule has 12 heteroatoms. The zero-order valence-electron chi connectivity index (χ0n) is 50.2. The van der Waals surface area contributed by atoms with Crippen molar-refractivity contribution in [2.24, 2.45) is 43.5 Å². The largest absolute Gasteiger partial charge is 0.478 e. The van der Waals surface area contributed by atoms with E-state index in [0.29, 0.717) is 29.1 Å². The Labute approximate surface area is 464 Å². The van der Waals surface area contributed by atoms with Crippen LogP contribution in [-0.2, 0) is 14.3 Å². The van der Waals surface area contributed by atoms with Crippen LogP contribution in [0.2, 0.25) is 0 Å². The summed E-state index contributed by atoms with van der Waals surface area (Å²) in [5.41, 5.74) is 2.64. The number of benzene rings is 2. The number of carbonyl (C=O) groups excluding carboxylic acids is 3. The van der Waals surface area contributed by atoms with Gasteiger partial charge in [0.1, 0.15) is 11.3 Å². The van der Waals surface area contributed by atoms with E-state index in [1.165, 1.54) is 12.8 Å². The Kier molecular flexibility index (Phi) is 18.6. The normalized spacial score (nSPS) is 25.4. The molecule has 2 spiro atoms. The molecule has 2 atom stereocenters. The highest BCUT2D eigenvalue weighted by atomic mass is 16.5. The van der Waals surface area contributed by atoms with Gasteiger partial charge in [0.25, 0.3) is 11.8 Å². The molecule has 1 N–H and O–H groups in total. The number of hydrogen-bond donors (Lipinski definition) is 1. The molecule has 426 valence electrons. The summed E-state index contributed by atoms with van der Waals surface area (Å²) in [6.07, 6.45) is 18.2. The third kappa shape index (κ3) is 14.6. The first kappa shape index (κ1) is 59.9. The van der Waals surface area contributed by atoms with E-state index in [1.807, 2.05) is 50.2 Å². The van der Waals surface area contributed by atoms with Crippen molar-refractivity contribution in [3.63, 3.8) is 0 Å². The summed E-state index contributed by atoms with van der Waals surface area (Å²) in [7, 11) is 0. The van der Waals surface area contributed by atoms with Gasteiger partial charge in [-0.3, -0.25) is 9.59 Å². The van der Waals surface area contributed by atoms with Gasteiger partial charge >= 0.3 is 11.9 Å². The minimum absolute atomic E-state index is 0.0670.